The predicted molar refractivity (Wildman–Crippen MR) is 109 cm³/mol. The van der Waals surface area contributed by atoms with Crippen molar-refractivity contribution >= 4 is 5.69 Å². The van der Waals surface area contributed by atoms with E-state index in [1.54, 1.807) is 17.3 Å². The number of anilines is 1. The summed E-state index contributed by atoms with van der Waals surface area (Å²) in [4.78, 5) is 6.72. The first-order valence-corrected chi connectivity index (χ1v) is 9.64. The molecule has 0 amide bonds. The normalized spacial score (nSPS) is 20.2. The molecule has 28 heavy (non-hydrogen) atoms. The highest BCUT2D eigenvalue weighted by molar-refractivity contribution is 5.51. The Hall–Kier alpha value is -2.48. The van der Waals surface area contributed by atoms with Crippen LogP contribution in [0.3, 0.4) is 0 Å². The number of halogens is 1. The number of pyridine rings is 1. The molecule has 7 heteroatoms. The van der Waals surface area contributed by atoms with Crippen molar-refractivity contribution in [1.29, 1.82) is 0 Å². The Bertz CT molecular complexity index is 867. The number of hydrazine groups is 2. The molecule has 2 N–H and O–H groups in total. The van der Waals surface area contributed by atoms with Crippen LogP contribution in [-0.4, -0.2) is 60.2 Å². The zero-order chi connectivity index (χ0) is 19.7. The van der Waals surface area contributed by atoms with Gasteiger partial charge in [-0.15, -0.1) is 0 Å². The van der Waals surface area contributed by atoms with Crippen molar-refractivity contribution in [2.45, 2.75) is 12.5 Å². The van der Waals surface area contributed by atoms with Crippen LogP contribution >= 0.6 is 0 Å². The van der Waals surface area contributed by atoms with Gasteiger partial charge in [-0.2, -0.15) is 0 Å². The molecule has 6 nitrogen and oxygen atoms in total. The quantitative estimate of drug-likeness (QED) is 0.632. The minimum atomic E-state index is -0.254. The second-order valence-electron chi connectivity index (χ2n) is 7.44. The summed E-state index contributed by atoms with van der Waals surface area (Å²) in [5, 5.41) is 6.02. The van der Waals surface area contributed by atoms with Crippen molar-refractivity contribution in [3.05, 3.63) is 71.4 Å². The molecule has 1 atom stereocenters. The maximum atomic E-state index is 14.2. The SMILES string of the molecule is CN(N)c1ccccc1CCN1CCN2C(=CC(c3ncccc3F)N2C)C1. The molecule has 0 saturated carbocycles. The van der Waals surface area contributed by atoms with Crippen LogP contribution in [-0.2, 0) is 6.42 Å². The van der Waals surface area contributed by atoms with Gasteiger partial charge in [0.2, 0.25) is 0 Å². The first-order valence-electron chi connectivity index (χ1n) is 9.64. The smallest absolute Gasteiger partial charge is 0.146 e. The van der Waals surface area contributed by atoms with Gasteiger partial charge in [0.05, 0.1) is 17.4 Å². The van der Waals surface area contributed by atoms with Crippen molar-refractivity contribution in [2.24, 2.45) is 5.84 Å². The maximum Gasteiger partial charge on any atom is 0.146 e. The third-order valence-electron chi connectivity index (χ3n) is 5.61. The van der Waals surface area contributed by atoms with Crippen LogP contribution in [0.15, 0.2) is 54.4 Å². The van der Waals surface area contributed by atoms with Crippen molar-refractivity contribution in [3.63, 3.8) is 0 Å². The molecule has 2 aromatic rings. The van der Waals surface area contributed by atoms with Crippen molar-refractivity contribution < 1.29 is 4.39 Å². The molecule has 3 heterocycles. The average molecular weight is 382 g/mol. The second kappa shape index (κ2) is 7.87. The van der Waals surface area contributed by atoms with Gasteiger partial charge >= 0.3 is 0 Å². The molecule has 0 spiro atoms. The standard InChI is InChI=1S/C21H27FN6/c1-25(23)19-8-4-3-6-16(19)9-11-27-12-13-28-17(15-27)14-20(26(28)2)21-18(22)7-5-10-24-21/h3-8,10,14,20H,9,11-13,15,23H2,1-2H3. The summed E-state index contributed by atoms with van der Waals surface area (Å²) in [5.74, 6) is 5.70. The van der Waals surface area contributed by atoms with Gasteiger partial charge in [-0.3, -0.25) is 9.88 Å². The third kappa shape index (κ3) is 3.61. The van der Waals surface area contributed by atoms with Gasteiger partial charge in [0.15, 0.2) is 0 Å². The van der Waals surface area contributed by atoms with E-state index < -0.39 is 0 Å². The van der Waals surface area contributed by atoms with E-state index in [1.165, 1.54) is 17.3 Å². The number of nitrogens with zero attached hydrogens (tertiary/aromatic N) is 5. The molecule has 2 aliphatic heterocycles. The molecule has 0 bridgehead atoms. The van der Waals surface area contributed by atoms with Gasteiger partial charge < -0.3 is 10.0 Å². The fourth-order valence-electron chi connectivity index (χ4n) is 4.12. The van der Waals surface area contributed by atoms with Crippen LogP contribution in [0.1, 0.15) is 17.3 Å². The van der Waals surface area contributed by atoms with E-state index in [9.17, 15) is 4.39 Å². The van der Waals surface area contributed by atoms with E-state index >= 15 is 0 Å². The van der Waals surface area contributed by atoms with E-state index in [0.717, 1.165) is 38.3 Å². The largest absolute Gasteiger partial charge is 0.314 e. The van der Waals surface area contributed by atoms with Crippen LogP contribution in [0.4, 0.5) is 10.1 Å². The molecule has 0 aliphatic carbocycles. The summed E-state index contributed by atoms with van der Waals surface area (Å²) in [6.07, 6.45) is 4.73. The molecule has 2 aliphatic rings. The zero-order valence-corrected chi connectivity index (χ0v) is 16.4. The Morgan fingerprint density at radius 3 is 2.82 bits per heavy atom. The van der Waals surface area contributed by atoms with Gasteiger partial charge in [0, 0.05) is 52.2 Å². The number of aromatic nitrogens is 1. The van der Waals surface area contributed by atoms with Gasteiger partial charge in [-0.25, -0.2) is 15.2 Å². The molecule has 148 valence electrons. The minimum Gasteiger partial charge on any atom is -0.314 e. The average Bonchev–Trinajstić information content (AvgIpc) is 3.02. The molecule has 1 unspecified atom stereocenters. The van der Waals surface area contributed by atoms with E-state index in [0.29, 0.717) is 5.69 Å². The first-order chi connectivity index (χ1) is 13.5. The number of piperazine rings is 1. The summed E-state index contributed by atoms with van der Waals surface area (Å²) in [7, 11) is 3.87. The number of nitrogens with two attached hydrogens (primary N) is 1. The van der Waals surface area contributed by atoms with Gasteiger partial charge in [0.25, 0.3) is 0 Å². The molecular formula is C21H27FN6. The lowest BCUT2D eigenvalue weighted by molar-refractivity contribution is -0.000254. The summed E-state index contributed by atoms with van der Waals surface area (Å²) >= 11 is 0. The zero-order valence-electron chi connectivity index (χ0n) is 16.4. The Morgan fingerprint density at radius 1 is 1.21 bits per heavy atom. The van der Waals surface area contributed by atoms with Crippen molar-refractivity contribution in [3.8, 4) is 0 Å². The Kier molecular flexibility index (Phi) is 5.30. The fraction of sp³-hybridized carbons (Fsp3) is 0.381. The number of rotatable bonds is 5. The summed E-state index contributed by atoms with van der Waals surface area (Å²) in [6.45, 7) is 3.68. The molecule has 4 rings (SSSR count). The lowest BCUT2D eigenvalue weighted by Crippen LogP contribution is -2.48. The van der Waals surface area contributed by atoms with Gasteiger partial charge in [0.1, 0.15) is 5.82 Å². The molecule has 1 saturated heterocycles. The lowest BCUT2D eigenvalue weighted by atomic mass is 10.1. The number of benzene rings is 1. The monoisotopic (exact) mass is 382 g/mol. The van der Waals surface area contributed by atoms with Gasteiger partial charge in [-0.1, -0.05) is 18.2 Å². The van der Waals surface area contributed by atoms with Crippen LogP contribution < -0.4 is 10.9 Å². The molecular weight excluding hydrogens is 355 g/mol. The van der Waals surface area contributed by atoms with Crippen molar-refractivity contribution in [1.82, 2.24) is 19.9 Å². The molecule has 0 radical (unpaired) electrons. The highest BCUT2D eigenvalue weighted by Crippen LogP contribution is 2.34. The van der Waals surface area contributed by atoms with Crippen molar-refractivity contribution in [2.75, 3.05) is 45.3 Å². The van der Waals surface area contributed by atoms with Crippen LogP contribution in [0, 0.1) is 5.82 Å². The first kappa shape index (κ1) is 18.9. The van der Waals surface area contributed by atoms with E-state index in [4.69, 9.17) is 5.84 Å². The Morgan fingerprint density at radius 2 is 2.04 bits per heavy atom. The lowest BCUT2D eigenvalue weighted by Gasteiger charge is -2.39. The third-order valence-corrected chi connectivity index (χ3v) is 5.61. The predicted octanol–water partition coefficient (Wildman–Crippen LogP) is 2.18. The van der Waals surface area contributed by atoms with Crippen LogP contribution in [0.2, 0.25) is 0 Å². The topological polar surface area (TPSA) is 51.9 Å². The molecule has 1 aromatic heterocycles. The van der Waals surface area contributed by atoms with Crippen LogP contribution in [0.25, 0.3) is 0 Å². The Balaban J connectivity index is 1.44. The van der Waals surface area contributed by atoms with Gasteiger partial charge in [-0.05, 0) is 36.3 Å². The highest BCUT2D eigenvalue weighted by atomic mass is 19.1. The fourth-order valence-corrected chi connectivity index (χ4v) is 4.12. The maximum absolute atomic E-state index is 14.2. The summed E-state index contributed by atoms with van der Waals surface area (Å²) in [6, 6.07) is 11.2. The van der Waals surface area contributed by atoms with E-state index in [-0.39, 0.29) is 11.9 Å². The summed E-state index contributed by atoms with van der Waals surface area (Å²) < 4.78 is 14.2. The molecule has 1 aromatic carbocycles. The van der Waals surface area contributed by atoms with E-state index in [2.05, 4.69) is 38.1 Å². The number of hydrogen-bond donors (Lipinski definition) is 1. The number of likely N-dealkylation sites (N-methyl/N-ethyl adjacent to an activating group) is 1. The summed E-state index contributed by atoms with van der Waals surface area (Å²) in [5.41, 5.74) is 4.01. The number of hydrogen-bond acceptors (Lipinski definition) is 6. The second-order valence-corrected chi connectivity index (χ2v) is 7.44. The minimum absolute atomic E-state index is 0.150. The molecule has 1 fully saturated rings. The van der Waals surface area contributed by atoms with Crippen LogP contribution in [0.5, 0.6) is 0 Å². The Labute approximate surface area is 165 Å². The van der Waals surface area contributed by atoms with E-state index in [1.807, 2.05) is 26.2 Å². The highest BCUT2D eigenvalue weighted by Gasteiger charge is 2.35. The number of para-hydroxylation sites is 1. The number of fused-ring (bicyclic) bond motifs is 1.